The summed E-state index contributed by atoms with van der Waals surface area (Å²) in [5, 5.41) is 10.9. The van der Waals surface area contributed by atoms with E-state index in [4.69, 9.17) is 14.2 Å². The Morgan fingerprint density at radius 1 is 0.682 bits per heavy atom. The first-order valence-corrected chi connectivity index (χ1v) is 17.7. The van der Waals surface area contributed by atoms with Crippen LogP contribution in [0.15, 0.2) is 24.3 Å². The van der Waals surface area contributed by atoms with Crippen molar-refractivity contribution in [3.8, 4) is 5.75 Å². The summed E-state index contributed by atoms with van der Waals surface area (Å²) in [6.45, 7) is 7.15. The zero-order chi connectivity index (χ0) is 32.3. The molecule has 1 rings (SSSR count). The average Bonchev–Trinajstić information content (AvgIpc) is 3.00. The first-order valence-electron chi connectivity index (χ1n) is 17.7. The van der Waals surface area contributed by atoms with Gasteiger partial charge in [-0.1, -0.05) is 111 Å². The summed E-state index contributed by atoms with van der Waals surface area (Å²) in [5.41, 5.74) is -0.0600. The maximum atomic E-state index is 12.5. The molecule has 0 aromatic heterocycles. The molecule has 44 heavy (non-hydrogen) atoms. The highest BCUT2D eigenvalue weighted by molar-refractivity contribution is 5.69. The molecule has 1 aromatic rings. The second kappa shape index (κ2) is 26.7. The fourth-order valence-electron chi connectivity index (χ4n) is 5.51. The third kappa shape index (κ3) is 21.1. The van der Waals surface area contributed by atoms with Crippen LogP contribution in [-0.4, -0.2) is 29.8 Å². The lowest BCUT2D eigenvalue weighted by Gasteiger charge is -2.18. The van der Waals surface area contributed by atoms with Crippen LogP contribution in [0.4, 0.5) is 10.5 Å². The minimum Gasteiger partial charge on any atom is -0.466 e. The Hall–Kier alpha value is -2.64. The molecule has 0 fully saturated rings. The Bertz CT molecular complexity index is 874. The van der Waals surface area contributed by atoms with Crippen LogP contribution in [0.1, 0.15) is 162 Å². The maximum Gasteiger partial charge on any atom is 0.514 e. The predicted molar refractivity (Wildman–Crippen MR) is 177 cm³/mol. The first kappa shape index (κ1) is 39.4. The van der Waals surface area contributed by atoms with Gasteiger partial charge in [0.25, 0.3) is 5.69 Å². The van der Waals surface area contributed by atoms with E-state index in [0.29, 0.717) is 18.9 Å². The predicted octanol–water partition coefficient (Wildman–Crippen LogP) is 11.3. The van der Waals surface area contributed by atoms with Crippen LogP contribution in [0.2, 0.25) is 0 Å². The minimum absolute atomic E-state index is 0.0382. The molecule has 0 aliphatic carbocycles. The monoisotopic (exact) mass is 619 g/mol. The summed E-state index contributed by atoms with van der Waals surface area (Å²) in [5.74, 6) is 0.580. The van der Waals surface area contributed by atoms with Crippen LogP contribution in [0.25, 0.3) is 0 Å². The van der Waals surface area contributed by atoms with Crippen LogP contribution < -0.4 is 4.74 Å². The van der Waals surface area contributed by atoms with Crippen LogP contribution in [0.5, 0.6) is 5.75 Å². The minimum atomic E-state index is -0.766. The van der Waals surface area contributed by atoms with Gasteiger partial charge in [-0.25, -0.2) is 4.79 Å². The van der Waals surface area contributed by atoms with E-state index in [0.717, 1.165) is 89.9 Å². The van der Waals surface area contributed by atoms with Gasteiger partial charge in [0.1, 0.15) is 11.9 Å². The molecule has 0 saturated heterocycles. The summed E-state index contributed by atoms with van der Waals surface area (Å²) in [6.07, 6.45) is 22.6. The van der Waals surface area contributed by atoms with Crippen molar-refractivity contribution in [1.82, 2.24) is 0 Å². The molecule has 2 unspecified atom stereocenters. The van der Waals surface area contributed by atoms with E-state index in [9.17, 15) is 19.7 Å². The molecule has 0 N–H and O–H groups in total. The van der Waals surface area contributed by atoms with Gasteiger partial charge in [0.2, 0.25) is 0 Å². The van der Waals surface area contributed by atoms with Crippen molar-refractivity contribution < 1.29 is 28.7 Å². The molecule has 0 bridgehead atoms. The van der Waals surface area contributed by atoms with Crippen molar-refractivity contribution in [2.75, 3.05) is 6.61 Å². The number of ether oxygens (including phenoxy) is 3. The summed E-state index contributed by atoms with van der Waals surface area (Å²) in [6, 6.07) is 5.41. The molecule has 8 nitrogen and oxygen atoms in total. The van der Waals surface area contributed by atoms with E-state index in [1.807, 2.05) is 0 Å². The molecular formula is C36H61NO7. The van der Waals surface area contributed by atoms with E-state index >= 15 is 0 Å². The number of nitro groups is 1. The van der Waals surface area contributed by atoms with E-state index in [1.165, 1.54) is 69.2 Å². The topological polar surface area (TPSA) is 105 Å². The van der Waals surface area contributed by atoms with Crippen molar-refractivity contribution >= 4 is 17.8 Å². The third-order valence-electron chi connectivity index (χ3n) is 8.21. The summed E-state index contributed by atoms with van der Waals surface area (Å²) < 4.78 is 16.5. The van der Waals surface area contributed by atoms with Gasteiger partial charge in [-0.3, -0.25) is 14.9 Å². The van der Waals surface area contributed by atoms with Gasteiger partial charge >= 0.3 is 12.1 Å². The Balaban J connectivity index is 2.42. The molecule has 0 amide bonds. The number of carbonyl (C=O) groups excluding carboxylic acids is 2. The molecule has 1 aromatic carbocycles. The number of hydrogen-bond acceptors (Lipinski definition) is 7. The number of carbonyl (C=O) groups is 2. The highest BCUT2D eigenvalue weighted by atomic mass is 16.7. The molecule has 0 aliphatic rings. The molecule has 0 radical (unpaired) electrons. The van der Waals surface area contributed by atoms with Gasteiger partial charge in [-0.15, -0.1) is 0 Å². The second-order valence-electron chi connectivity index (χ2n) is 12.2. The van der Waals surface area contributed by atoms with E-state index in [-0.39, 0.29) is 23.5 Å². The van der Waals surface area contributed by atoms with Crippen molar-refractivity contribution in [2.24, 2.45) is 5.92 Å². The third-order valence-corrected chi connectivity index (χ3v) is 8.21. The number of hydrogen-bond donors (Lipinski definition) is 0. The lowest BCUT2D eigenvalue weighted by molar-refractivity contribution is -0.384. The number of non-ortho nitro benzene ring substituents is 1. The van der Waals surface area contributed by atoms with E-state index in [2.05, 4.69) is 20.8 Å². The van der Waals surface area contributed by atoms with Crippen molar-refractivity contribution in [3.05, 3.63) is 34.4 Å². The van der Waals surface area contributed by atoms with Crippen molar-refractivity contribution in [3.63, 3.8) is 0 Å². The molecular weight excluding hydrogens is 558 g/mol. The van der Waals surface area contributed by atoms with Gasteiger partial charge in [-0.05, 0) is 63.0 Å². The zero-order valence-corrected chi connectivity index (χ0v) is 28.0. The lowest BCUT2D eigenvalue weighted by atomic mass is 9.91. The van der Waals surface area contributed by atoms with Crippen LogP contribution in [0.3, 0.4) is 0 Å². The average molecular weight is 620 g/mol. The first-order chi connectivity index (χ1) is 21.4. The van der Waals surface area contributed by atoms with Gasteiger partial charge in [0.05, 0.1) is 11.5 Å². The molecule has 2 atom stereocenters. The number of benzene rings is 1. The fourth-order valence-corrected chi connectivity index (χ4v) is 5.51. The second-order valence-corrected chi connectivity index (χ2v) is 12.2. The summed E-state index contributed by atoms with van der Waals surface area (Å²) in [7, 11) is 0. The number of unbranched alkanes of at least 4 members (excludes halogenated alkanes) is 13. The smallest absolute Gasteiger partial charge is 0.466 e. The van der Waals surface area contributed by atoms with Crippen LogP contribution in [0, 0.1) is 16.0 Å². The Kier molecular flexibility index (Phi) is 23.9. The SMILES string of the molecule is CCCCCCCCOC(=O)CC(CCCCC)CCCCCCC(CCCCCC)OC(=O)Oc1ccc([N+](=O)[O-])cc1. The summed E-state index contributed by atoms with van der Waals surface area (Å²) >= 11 is 0. The molecule has 252 valence electrons. The number of esters is 1. The van der Waals surface area contributed by atoms with Crippen molar-refractivity contribution in [1.29, 1.82) is 0 Å². The Morgan fingerprint density at radius 3 is 1.75 bits per heavy atom. The van der Waals surface area contributed by atoms with E-state index < -0.39 is 11.1 Å². The number of rotatable bonds is 28. The molecule has 0 saturated carbocycles. The quantitative estimate of drug-likeness (QED) is 0.0302. The normalized spacial score (nSPS) is 12.4. The summed E-state index contributed by atoms with van der Waals surface area (Å²) in [4.78, 5) is 35.3. The lowest BCUT2D eigenvalue weighted by Crippen LogP contribution is -2.21. The maximum absolute atomic E-state index is 12.5. The van der Waals surface area contributed by atoms with E-state index in [1.54, 1.807) is 0 Å². The van der Waals surface area contributed by atoms with Gasteiger partial charge in [0, 0.05) is 18.6 Å². The van der Waals surface area contributed by atoms with Gasteiger partial charge in [-0.2, -0.15) is 0 Å². The molecule has 8 heteroatoms. The Morgan fingerprint density at radius 2 is 1.16 bits per heavy atom. The molecule has 0 spiro atoms. The highest BCUT2D eigenvalue weighted by Crippen LogP contribution is 2.24. The van der Waals surface area contributed by atoms with Crippen LogP contribution >= 0.6 is 0 Å². The Labute approximate surface area is 267 Å². The van der Waals surface area contributed by atoms with Gasteiger partial charge < -0.3 is 14.2 Å². The molecule has 0 aliphatic heterocycles. The fraction of sp³-hybridized carbons (Fsp3) is 0.778. The number of nitro benzene ring substituents is 1. The molecule has 0 heterocycles. The highest BCUT2D eigenvalue weighted by Gasteiger charge is 2.18. The standard InChI is InChI=1S/C36H61NO7/c1-4-7-10-12-15-20-29-42-35(38)30-31(21-16-9-6-3)22-17-13-14-19-24-33(23-18-11-8-5-2)43-36(39)44-34-27-25-32(26-28-34)37(40)41/h25-28,31,33H,4-24,29-30H2,1-3H3. The zero-order valence-electron chi connectivity index (χ0n) is 28.0. The largest absolute Gasteiger partial charge is 0.514 e. The van der Waals surface area contributed by atoms with Gasteiger partial charge in [0.15, 0.2) is 0 Å². The number of nitrogens with zero attached hydrogens (tertiary/aromatic N) is 1. The van der Waals surface area contributed by atoms with Crippen molar-refractivity contribution in [2.45, 2.75) is 168 Å². The van der Waals surface area contributed by atoms with Crippen LogP contribution in [-0.2, 0) is 14.3 Å².